The van der Waals surface area contributed by atoms with Gasteiger partial charge in [0.2, 0.25) is 5.91 Å². The zero-order valence-corrected chi connectivity index (χ0v) is 20.6. The van der Waals surface area contributed by atoms with Crippen LogP contribution >= 0.6 is 0 Å². The average Bonchev–Trinajstić information content (AvgIpc) is 3.35. The predicted molar refractivity (Wildman–Crippen MR) is 129 cm³/mol. The fourth-order valence-corrected chi connectivity index (χ4v) is 7.75. The normalized spacial score (nSPS) is 35.6. The van der Waals surface area contributed by atoms with Gasteiger partial charge in [0.15, 0.2) is 0 Å². The quantitative estimate of drug-likeness (QED) is 0.653. The standard InChI is InChI=1S/C28H40N2O3/c1-18-6-4-13-30(18)14-5-15-33-20-8-10-21-19(16-20)7-9-23-22(21)11-12-28(2)25(31)17-24(26(23)28)27(32)29-3/h8,10,16,18,22-24,26H,4-7,9,11-15,17H2,1-3H3,(H,29,32). The highest BCUT2D eigenvalue weighted by atomic mass is 16.5. The summed E-state index contributed by atoms with van der Waals surface area (Å²) in [6, 6.07) is 7.40. The molecule has 33 heavy (non-hydrogen) atoms. The Kier molecular flexibility index (Phi) is 6.28. The minimum absolute atomic E-state index is 0.0515. The van der Waals surface area contributed by atoms with Crippen LogP contribution in [0.1, 0.15) is 75.8 Å². The van der Waals surface area contributed by atoms with Gasteiger partial charge >= 0.3 is 0 Å². The van der Waals surface area contributed by atoms with Crippen LogP contribution in [0.4, 0.5) is 0 Å². The number of rotatable bonds is 6. The van der Waals surface area contributed by atoms with Crippen molar-refractivity contribution in [1.29, 1.82) is 0 Å². The first-order valence-electron chi connectivity index (χ1n) is 13.2. The predicted octanol–water partition coefficient (Wildman–Crippen LogP) is 4.34. The maximum Gasteiger partial charge on any atom is 0.223 e. The fourth-order valence-electron chi connectivity index (χ4n) is 7.75. The number of carbonyl (C=O) groups is 2. The van der Waals surface area contributed by atoms with E-state index >= 15 is 0 Å². The largest absolute Gasteiger partial charge is 0.494 e. The molecular weight excluding hydrogens is 412 g/mol. The second-order valence-corrected chi connectivity index (χ2v) is 11.2. The lowest BCUT2D eigenvalue weighted by molar-refractivity contribution is -0.130. The molecule has 180 valence electrons. The van der Waals surface area contributed by atoms with Crippen molar-refractivity contribution < 1.29 is 14.3 Å². The number of aryl methyl sites for hydroxylation is 1. The van der Waals surface area contributed by atoms with E-state index in [2.05, 4.69) is 42.3 Å². The van der Waals surface area contributed by atoms with Gasteiger partial charge in [-0.25, -0.2) is 0 Å². The number of amides is 1. The zero-order chi connectivity index (χ0) is 23.2. The minimum atomic E-state index is -0.328. The number of hydrogen-bond donors (Lipinski definition) is 1. The summed E-state index contributed by atoms with van der Waals surface area (Å²) in [5.74, 6) is 2.22. The van der Waals surface area contributed by atoms with Gasteiger partial charge in [0.25, 0.3) is 0 Å². The molecule has 3 aliphatic carbocycles. The van der Waals surface area contributed by atoms with Crippen LogP contribution in [-0.2, 0) is 16.0 Å². The third-order valence-electron chi connectivity index (χ3n) is 9.56. The highest BCUT2D eigenvalue weighted by Crippen LogP contribution is 2.61. The molecule has 1 aromatic rings. The lowest BCUT2D eigenvalue weighted by Crippen LogP contribution is -2.46. The van der Waals surface area contributed by atoms with Crippen LogP contribution in [-0.4, -0.2) is 49.4 Å². The fraction of sp³-hybridized carbons (Fsp3) is 0.714. The van der Waals surface area contributed by atoms with E-state index in [1.54, 1.807) is 7.05 Å². The molecule has 1 aliphatic heterocycles. The number of nitrogens with one attached hydrogen (secondary N) is 1. The Balaban J connectivity index is 1.26. The van der Waals surface area contributed by atoms with Crippen LogP contribution in [0.5, 0.6) is 5.75 Å². The number of carbonyl (C=O) groups excluding carboxylic acids is 2. The van der Waals surface area contributed by atoms with Gasteiger partial charge in [0, 0.05) is 37.4 Å². The van der Waals surface area contributed by atoms with E-state index in [-0.39, 0.29) is 23.2 Å². The van der Waals surface area contributed by atoms with Gasteiger partial charge in [-0.1, -0.05) is 13.0 Å². The molecule has 2 saturated carbocycles. The molecule has 0 spiro atoms. The van der Waals surface area contributed by atoms with Gasteiger partial charge in [0.1, 0.15) is 11.5 Å². The Morgan fingerprint density at radius 2 is 2.12 bits per heavy atom. The van der Waals surface area contributed by atoms with E-state index in [1.165, 1.54) is 30.5 Å². The first-order valence-corrected chi connectivity index (χ1v) is 13.2. The molecule has 3 fully saturated rings. The summed E-state index contributed by atoms with van der Waals surface area (Å²) in [6.45, 7) is 7.59. The van der Waals surface area contributed by atoms with Gasteiger partial charge in [0.05, 0.1) is 6.61 Å². The molecule has 1 N–H and O–H groups in total. The number of ether oxygens (including phenoxy) is 1. The van der Waals surface area contributed by atoms with E-state index in [0.717, 1.165) is 57.0 Å². The molecule has 5 heteroatoms. The van der Waals surface area contributed by atoms with Crippen LogP contribution in [0.25, 0.3) is 0 Å². The van der Waals surface area contributed by atoms with Gasteiger partial charge in [-0.15, -0.1) is 0 Å². The van der Waals surface area contributed by atoms with Crippen LogP contribution < -0.4 is 10.1 Å². The number of likely N-dealkylation sites (tertiary alicyclic amines) is 1. The van der Waals surface area contributed by atoms with E-state index in [9.17, 15) is 9.59 Å². The van der Waals surface area contributed by atoms with Gasteiger partial charge in [-0.3, -0.25) is 9.59 Å². The average molecular weight is 453 g/mol. The maximum atomic E-state index is 13.0. The van der Waals surface area contributed by atoms with E-state index < -0.39 is 0 Å². The molecule has 1 heterocycles. The Morgan fingerprint density at radius 1 is 1.27 bits per heavy atom. The summed E-state index contributed by atoms with van der Waals surface area (Å²) < 4.78 is 6.14. The molecule has 5 nitrogen and oxygen atoms in total. The lowest BCUT2D eigenvalue weighted by Gasteiger charge is -2.49. The smallest absolute Gasteiger partial charge is 0.223 e. The van der Waals surface area contributed by atoms with Crippen LogP contribution in [0, 0.1) is 23.2 Å². The highest BCUT2D eigenvalue weighted by Gasteiger charge is 2.60. The Bertz CT molecular complexity index is 914. The summed E-state index contributed by atoms with van der Waals surface area (Å²) in [5.41, 5.74) is 2.51. The Morgan fingerprint density at radius 3 is 2.88 bits per heavy atom. The van der Waals surface area contributed by atoms with Crippen molar-refractivity contribution in [2.45, 2.75) is 77.2 Å². The van der Waals surface area contributed by atoms with Gasteiger partial charge < -0.3 is 15.0 Å². The van der Waals surface area contributed by atoms with E-state index in [0.29, 0.717) is 24.0 Å². The van der Waals surface area contributed by atoms with Crippen molar-refractivity contribution in [2.75, 3.05) is 26.7 Å². The van der Waals surface area contributed by atoms with Crippen molar-refractivity contribution in [1.82, 2.24) is 10.2 Å². The van der Waals surface area contributed by atoms with Gasteiger partial charge in [-0.05, 0) is 99.4 Å². The molecule has 1 saturated heterocycles. The number of Topliss-reactive ketones (excluding diaryl/α,β-unsaturated/α-hetero) is 1. The minimum Gasteiger partial charge on any atom is -0.494 e. The molecule has 0 aromatic heterocycles. The summed E-state index contributed by atoms with van der Waals surface area (Å²) >= 11 is 0. The molecule has 6 atom stereocenters. The topological polar surface area (TPSA) is 58.6 Å². The second kappa shape index (κ2) is 9.05. The lowest BCUT2D eigenvalue weighted by atomic mass is 9.54. The van der Waals surface area contributed by atoms with Crippen LogP contribution in [0.3, 0.4) is 0 Å². The highest BCUT2D eigenvalue weighted by molar-refractivity contribution is 5.94. The first-order chi connectivity index (χ1) is 15.9. The number of benzene rings is 1. The molecular formula is C28H40N2O3. The molecule has 0 radical (unpaired) electrons. The number of nitrogens with zero attached hydrogens (tertiary/aromatic N) is 1. The SMILES string of the molecule is CNC(=O)C1CC(=O)C2(C)CCC3c4ccc(OCCCN5CCCC5C)cc4CCC3C12. The monoisotopic (exact) mass is 452 g/mol. The second-order valence-electron chi connectivity index (χ2n) is 11.2. The summed E-state index contributed by atoms with van der Waals surface area (Å²) in [4.78, 5) is 28.2. The van der Waals surface area contributed by atoms with Gasteiger partial charge in [-0.2, -0.15) is 0 Å². The summed E-state index contributed by atoms with van der Waals surface area (Å²) in [5, 5.41) is 2.83. The molecule has 4 aliphatic rings. The molecule has 1 amide bonds. The van der Waals surface area contributed by atoms with Crippen molar-refractivity contribution in [2.24, 2.45) is 23.2 Å². The van der Waals surface area contributed by atoms with Crippen molar-refractivity contribution >= 4 is 11.7 Å². The number of ketones is 1. The third-order valence-corrected chi connectivity index (χ3v) is 9.56. The number of hydrogen-bond acceptors (Lipinski definition) is 4. The number of fused-ring (bicyclic) bond motifs is 5. The van der Waals surface area contributed by atoms with Crippen molar-refractivity contribution in [3.8, 4) is 5.75 Å². The van der Waals surface area contributed by atoms with E-state index in [4.69, 9.17) is 4.74 Å². The summed E-state index contributed by atoms with van der Waals surface area (Å²) in [7, 11) is 1.70. The Hall–Kier alpha value is -1.88. The summed E-state index contributed by atoms with van der Waals surface area (Å²) in [6.07, 6.45) is 8.16. The third kappa shape index (κ3) is 4.00. The maximum absolute atomic E-state index is 13.0. The molecule has 5 rings (SSSR count). The molecule has 1 aromatic carbocycles. The van der Waals surface area contributed by atoms with E-state index in [1.807, 2.05) is 0 Å². The molecule has 6 unspecified atom stereocenters. The van der Waals surface area contributed by atoms with Crippen LogP contribution in [0.2, 0.25) is 0 Å². The first kappa shape index (κ1) is 22.9. The van der Waals surface area contributed by atoms with Crippen molar-refractivity contribution in [3.05, 3.63) is 29.3 Å². The zero-order valence-electron chi connectivity index (χ0n) is 20.6. The van der Waals surface area contributed by atoms with Crippen molar-refractivity contribution in [3.63, 3.8) is 0 Å². The van der Waals surface area contributed by atoms with Crippen LogP contribution in [0.15, 0.2) is 18.2 Å². The Labute approximate surface area is 198 Å². The molecule has 0 bridgehead atoms.